The largest absolute Gasteiger partial charge is 0.464 e. The zero-order valence-corrected chi connectivity index (χ0v) is 10.7. The Morgan fingerprint density at radius 1 is 1.44 bits per heavy atom. The van der Waals surface area contributed by atoms with Crippen molar-refractivity contribution in [3.05, 3.63) is 0 Å². The summed E-state index contributed by atoms with van der Waals surface area (Å²) in [6.07, 6.45) is 4.31. The van der Waals surface area contributed by atoms with Crippen molar-refractivity contribution >= 4 is 5.97 Å². The van der Waals surface area contributed by atoms with Crippen molar-refractivity contribution in [3.8, 4) is 0 Å². The SMILES string of the molecule is CCCC(O)(C(=O)OCC)C1CCC(C)C1. The van der Waals surface area contributed by atoms with Crippen LogP contribution in [0.2, 0.25) is 0 Å². The van der Waals surface area contributed by atoms with Gasteiger partial charge >= 0.3 is 5.97 Å². The summed E-state index contributed by atoms with van der Waals surface area (Å²) >= 11 is 0. The summed E-state index contributed by atoms with van der Waals surface area (Å²) in [6.45, 7) is 6.29. The number of rotatable bonds is 5. The molecule has 0 aromatic heterocycles. The van der Waals surface area contributed by atoms with Gasteiger partial charge in [-0.2, -0.15) is 0 Å². The van der Waals surface area contributed by atoms with E-state index in [2.05, 4.69) is 6.92 Å². The molecule has 1 N–H and O–H groups in total. The van der Waals surface area contributed by atoms with Gasteiger partial charge in [-0.05, 0) is 38.0 Å². The van der Waals surface area contributed by atoms with Gasteiger partial charge in [0.15, 0.2) is 5.60 Å². The van der Waals surface area contributed by atoms with Crippen LogP contribution in [0.25, 0.3) is 0 Å². The quantitative estimate of drug-likeness (QED) is 0.735. The van der Waals surface area contributed by atoms with E-state index in [9.17, 15) is 9.90 Å². The number of aliphatic hydroxyl groups is 1. The molecule has 16 heavy (non-hydrogen) atoms. The van der Waals surface area contributed by atoms with Crippen molar-refractivity contribution in [1.29, 1.82) is 0 Å². The van der Waals surface area contributed by atoms with E-state index in [1.165, 1.54) is 0 Å². The van der Waals surface area contributed by atoms with Gasteiger partial charge in [-0.1, -0.05) is 26.7 Å². The molecule has 0 bridgehead atoms. The molecule has 0 radical (unpaired) electrons. The molecule has 0 aliphatic heterocycles. The van der Waals surface area contributed by atoms with Crippen molar-refractivity contribution in [2.75, 3.05) is 6.61 Å². The second kappa shape index (κ2) is 5.67. The van der Waals surface area contributed by atoms with E-state index in [1.807, 2.05) is 6.92 Å². The minimum atomic E-state index is -1.24. The van der Waals surface area contributed by atoms with Crippen molar-refractivity contribution in [1.82, 2.24) is 0 Å². The molecule has 1 aliphatic rings. The van der Waals surface area contributed by atoms with Gasteiger partial charge in [0, 0.05) is 0 Å². The highest BCUT2D eigenvalue weighted by atomic mass is 16.5. The van der Waals surface area contributed by atoms with Crippen molar-refractivity contribution in [2.24, 2.45) is 11.8 Å². The van der Waals surface area contributed by atoms with Crippen molar-refractivity contribution < 1.29 is 14.6 Å². The Bertz CT molecular complexity index is 239. The average molecular weight is 228 g/mol. The summed E-state index contributed by atoms with van der Waals surface area (Å²) in [5, 5.41) is 10.6. The average Bonchev–Trinajstić information content (AvgIpc) is 2.66. The number of ether oxygens (including phenoxy) is 1. The molecule has 0 saturated heterocycles. The number of carbonyl (C=O) groups is 1. The van der Waals surface area contributed by atoms with Crippen molar-refractivity contribution in [2.45, 2.75) is 58.5 Å². The van der Waals surface area contributed by atoms with E-state index in [0.717, 1.165) is 25.7 Å². The first kappa shape index (κ1) is 13.5. The number of carbonyl (C=O) groups excluding carboxylic acids is 1. The van der Waals surface area contributed by atoms with Gasteiger partial charge in [0.25, 0.3) is 0 Å². The first-order valence-corrected chi connectivity index (χ1v) is 6.44. The fourth-order valence-corrected chi connectivity index (χ4v) is 2.75. The maximum absolute atomic E-state index is 11.9. The lowest BCUT2D eigenvalue weighted by Gasteiger charge is -2.31. The Labute approximate surface area is 98.2 Å². The summed E-state index contributed by atoms with van der Waals surface area (Å²) < 4.78 is 5.02. The van der Waals surface area contributed by atoms with Gasteiger partial charge in [0.1, 0.15) is 0 Å². The lowest BCUT2D eigenvalue weighted by Crippen LogP contribution is -2.46. The van der Waals surface area contributed by atoms with Gasteiger partial charge < -0.3 is 9.84 Å². The summed E-state index contributed by atoms with van der Waals surface area (Å²) in [4.78, 5) is 11.9. The van der Waals surface area contributed by atoms with Crippen LogP contribution in [-0.2, 0) is 9.53 Å². The van der Waals surface area contributed by atoms with Crippen LogP contribution in [0, 0.1) is 11.8 Å². The monoisotopic (exact) mass is 228 g/mol. The first-order chi connectivity index (χ1) is 7.54. The Hall–Kier alpha value is -0.570. The van der Waals surface area contributed by atoms with Crippen LogP contribution in [0.3, 0.4) is 0 Å². The lowest BCUT2D eigenvalue weighted by atomic mass is 9.82. The van der Waals surface area contributed by atoms with E-state index in [-0.39, 0.29) is 5.92 Å². The number of esters is 1. The molecule has 1 saturated carbocycles. The van der Waals surface area contributed by atoms with Crippen LogP contribution in [0.15, 0.2) is 0 Å². The molecule has 0 heterocycles. The molecule has 1 rings (SSSR count). The van der Waals surface area contributed by atoms with Crippen LogP contribution in [0.1, 0.15) is 52.9 Å². The molecule has 3 atom stereocenters. The lowest BCUT2D eigenvalue weighted by molar-refractivity contribution is -0.172. The van der Waals surface area contributed by atoms with Crippen LogP contribution < -0.4 is 0 Å². The number of hydrogen-bond acceptors (Lipinski definition) is 3. The zero-order chi connectivity index (χ0) is 12.2. The van der Waals surface area contributed by atoms with E-state index in [0.29, 0.717) is 18.9 Å². The second-order valence-corrected chi connectivity index (χ2v) is 5.01. The Morgan fingerprint density at radius 2 is 2.12 bits per heavy atom. The summed E-state index contributed by atoms with van der Waals surface area (Å²) in [6, 6.07) is 0. The highest BCUT2D eigenvalue weighted by molar-refractivity contribution is 5.79. The third-order valence-electron chi connectivity index (χ3n) is 3.63. The van der Waals surface area contributed by atoms with E-state index < -0.39 is 11.6 Å². The maximum atomic E-state index is 11.9. The van der Waals surface area contributed by atoms with Gasteiger partial charge in [0.2, 0.25) is 0 Å². The predicted molar refractivity (Wildman–Crippen MR) is 63.0 cm³/mol. The van der Waals surface area contributed by atoms with Crippen LogP contribution in [0.5, 0.6) is 0 Å². The normalized spacial score (nSPS) is 28.8. The highest BCUT2D eigenvalue weighted by Crippen LogP contribution is 2.40. The third-order valence-corrected chi connectivity index (χ3v) is 3.63. The third kappa shape index (κ3) is 2.76. The summed E-state index contributed by atoms with van der Waals surface area (Å²) in [5.41, 5.74) is -1.24. The second-order valence-electron chi connectivity index (χ2n) is 5.01. The summed E-state index contributed by atoms with van der Waals surface area (Å²) in [5.74, 6) is 0.278. The van der Waals surface area contributed by atoms with Crippen LogP contribution >= 0.6 is 0 Å². The Morgan fingerprint density at radius 3 is 2.56 bits per heavy atom. The summed E-state index contributed by atoms with van der Waals surface area (Å²) in [7, 11) is 0. The highest BCUT2D eigenvalue weighted by Gasteiger charge is 2.46. The maximum Gasteiger partial charge on any atom is 0.338 e. The smallest absolute Gasteiger partial charge is 0.338 e. The number of hydrogen-bond donors (Lipinski definition) is 1. The van der Waals surface area contributed by atoms with Crippen molar-refractivity contribution in [3.63, 3.8) is 0 Å². The molecule has 0 aromatic rings. The standard InChI is InChI=1S/C13H24O3/c1-4-8-13(15,12(14)16-5-2)11-7-6-10(3)9-11/h10-11,15H,4-9H2,1-3H3. The van der Waals surface area contributed by atoms with Crippen LogP contribution in [-0.4, -0.2) is 23.3 Å². The molecule has 0 aromatic carbocycles. The molecule has 1 fully saturated rings. The Kier molecular flexibility index (Phi) is 4.78. The molecular formula is C13H24O3. The molecule has 0 amide bonds. The molecule has 3 nitrogen and oxygen atoms in total. The van der Waals surface area contributed by atoms with E-state index in [4.69, 9.17) is 4.74 Å². The van der Waals surface area contributed by atoms with Gasteiger partial charge in [-0.15, -0.1) is 0 Å². The van der Waals surface area contributed by atoms with E-state index >= 15 is 0 Å². The Balaban J connectivity index is 2.74. The molecule has 1 aliphatic carbocycles. The minimum absolute atomic E-state index is 0.0847. The predicted octanol–water partition coefficient (Wildman–Crippen LogP) is 2.52. The fourth-order valence-electron chi connectivity index (χ4n) is 2.75. The fraction of sp³-hybridized carbons (Fsp3) is 0.923. The van der Waals surface area contributed by atoms with Gasteiger partial charge in [-0.25, -0.2) is 4.79 Å². The molecule has 3 heteroatoms. The molecular weight excluding hydrogens is 204 g/mol. The molecule has 3 unspecified atom stereocenters. The molecule has 94 valence electrons. The van der Waals surface area contributed by atoms with Crippen LogP contribution in [0.4, 0.5) is 0 Å². The van der Waals surface area contributed by atoms with Gasteiger partial charge in [-0.3, -0.25) is 0 Å². The van der Waals surface area contributed by atoms with E-state index in [1.54, 1.807) is 6.92 Å². The zero-order valence-electron chi connectivity index (χ0n) is 10.7. The minimum Gasteiger partial charge on any atom is -0.464 e. The molecule has 0 spiro atoms. The first-order valence-electron chi connectivity index (χ1n) is 6.44. The van der Waals surface area contributed by atoms with Gasteiger partial charge in [0.05, 0.1) is 6.61 Å². The topological polar surface area (TPSA) is 46.5 Å².